The molecular weight excluding hydrogens is 256 g/mol. The molecule has 1 aromatic carbocycles. The summed E-state index contributed by atoms with van der Waals surface area (Å²) in [6.45, 7) is 3.42. The summed E-state index contributed by atoms with van der Waals surface area (Å²) in [6, 6.07) is 7.08. The summed E-state index contributed by atoms with van der Waals surface area (Å²) >= 11 is 0. The first-order chi connectivity index (χ1) is 9.30. The van der Waals surface area contributed by atoms with Gasteiger partial charge in [-0.15, -0.1) is 0 Å². The first-order valence-corrected chi connectivity index (χ1v) is 6.63. The van der Waals surface area contributed by atoms with E-state index < -0.39 is 11.5 Å². The van der Waals surface area contributed by atoms with Crippen LogP contribution in [0.5, 0.6) is 0 Å². The molecule has 0 radical (unpaired) electrons. The lowest BCUT2D eigenvalue weighted by Gasteiger charge is -2.26. The maximum Gasteiger partial charge on any atom is 0.329 e. The topological polar surface area (TPSA) is 69.6 Å². The van der Waals surface area contributed by atoms with E-state index in [9.17, 15) is 14.7 Å². The van der Waals surface area contributed by atoms with Gasteiger partial charge in [-0.25, -0.2) is 4.79 Å². The fraction of sp³-hybridized carbons (Fsp3) is 0.467. The predicted molar refractivity (Wildman–Crippen MR) is 79.2 cm³/mol. The Labute approximate surface area is 119 Å². The van der Waals surface area contributed by atoms with Crippen molar-refractivity contribution in [2.45, 2.75) is 32.2 Å². The number of aliphatic carboxylic acids is 1. The summed E-state index contributed by atoms with van der Waals surface area (Å²) in [7, 11) is 3.77. The van der Waals surface area contributed by atoms with E-state index in [0.29, 0.717) is 18.4 Å². The van der Waals surface area contributed by atoms with E-state index in [1.54, 1.807) is 18.2 Å². The summed E-state index contributed by atoms with van der Waals surface area (Å²) < 4.78 is 0. The minimum absolute atomic E-state index is 0.368. The number of nitrogens with one attached hydrogen (secondary N) is 1. The van der Waals surface area contributed by atoms with Crippen LogP contribution in [0.3, 0.4) is 0 Å². The van der Waals surface area contributed by atoms with Gasteiger partial charge < -0.3 is 15.3 Å². The average Bonchev–Trinajstić information content (AvgIpc) is 2.38. The van der Waals surface area contributed by atoms with Gasteiger partial charge >= 0.3 is 5.97 Å². The molecule has 0 spiro atoms. The van der Waals surface area contributed by atoms with Crippen LogP contribution in [0.4, 0.5) is 5.69 Å². The molecule has 1 unspecified atom stereocenters. The van der Waals surface area contributed by atoms with Crippen molar-refractivity contribution < 1.29 is 14.7 Å². The molecule has 2 N–H and O–H groups in total. The normalized spacial score (nSPS) is 13.4. The maximum atomic E-state index is 12.2. The molecule has 0 saturated carbocycles. The monoisotopic (exact) mass is 278 g/mol. The first-order valence-electron chi connectivity index (χ1n) is 6.63. The standard InChI is InChI=1S/C15H22N2O3/c1-5-9-15(2,14(19)20)16-13(18)11-7-6-8-12(10-11)17(3)4/h6-8,10H,5,9H2,1-4H3,(H,16,18)(H,19,20). The van der Waals surface area contributed by atoms with Gasteiger partial charge in [-0.2, -0.15) is 0 Å². The highest BCUT2D eigenvalue weighted by atomic mass is 16.4. The molecule has 1 atom stereocenters. The van der Waals surface area contributed by atoms with Crippen LogP contribution in [-0.4, -0.2) is 36.6 Å². The molecular formula is C15H22N2O3. The highest BCUT2D eigenvalue weighted by Crippen LogP contribution is 2.17. The van der Waals surface area contributed by atoms with Crippen LogP contribution >= 0.6 is 0 Å². The van der Waals surface area contributed by atoms with E-state index in [-0.39, 0.29) is 5.91 Å². The number of carboxylic acid groups (broad SMARTS) is 1. The maximum absolute atomic E-state index is 12.2. The highest BCUT2D eigenvalue weighted by molar-refractivity contribution is 5.98. The lowest BCUT2D eigenvalue weighted by atomic mass is 9.95. The Morgan fingerprint density at radius 1 is 1.35 bits per heavy atom. The van der Waals surface area contributed by atoms with Crippen molar-refractivity contribution in [3.8, 4) is 0 Å². The third-order valence-electron chi connectivity index (χ3n) is 3.24. The fourth-order valence-corrected chi connectivity index (χ4v) is 1.97. The molecule has 20 heavy (non-hydrogen) atoms. The van der Waals surface area contributed by atoms with Crippen molar-refractivity contribution in [2.24, 2.45) is 0 Å². The Bertz CT molecular complexity index is 500. The number of rotatable bonds is 6. The number of hydrogen-bond acceptors (Lipinski definition) is 3. The highest BCUT2D eigenvalue weighted by Gasteiger charge is 2.34. The number of nitrogens with zero attached hydrogens (tertiary/aromatic N) is 1. The molecule has 0 heterocycles. The molecule has 1 aromatic rings. The van der Waals surface area contributed by atoms with Gasteiger partial charge in [0.2, 0.25) is 0 Å². The largest absolute Gasteiger partial charge is 0.480 e. The molecule has 1 rings (SSSR count). The molecule has 1 amide bonds. The second kappa shape index (κ2) is 6.41. The van der Waals surface area contributed by atoms with Crippen LogP contribution in [0.1, 0.15) is 37.0 Å². The van der Waals surface area contributed by atoms with Crippen molar-refractivity contribution >= 4 is 17.6 Å². The quantitative estimate of drug-likeness (QED) is 0.836. The van der Waals surface area contributed by atoms with E-state index in [0.717, 1.165) is 5.69 Å². The van der Waals surface area contributed by atoms with Crippen molar-refractivity contribution in [2.75, 3.05) is 19.0 Å². The molecule has 5 heteroatoms. The van der Waals surface area contributed by atoms with Gasteiger partial charge in [0.05, 0.1) is 0 Å². The number of amides is 1. The molecule has 0 fully saturated rings. The van der Waals surface area contributed by atoms with Gasteiger partial charge in [0.15, 0.2) is 0 Å². The Kier molecular flexibility index (Phi) is 5.13. The van der Waals surface area contributed by atoms with E-state index in [4.69, 9.17) is 0 Å². The number of carboxylic acids is 1. The minimum atomic E-state index is -1.24. The van der Waals surface area contributed by atoms with Crippen molar-refractivity contribution in [1.82, 2.24) is 5.32 Å². The molecule has 0 saturated heterocycles. The van der Waals surface area contributed by atoms with E-state index in [1.165, 1.54) is 6.92 Å². The number of anilines is 1. The van der Waals surface area contributed by atoms with Crippen LogP contribution in [0.25, 0.3) is 0 Å². The molecule has 0 aliphatic rings. The van der Waals surface area contributed by atoms with Gasteiger partial charge in [0, 0.05) is 25.3 Å². The van der Waals surface area contributed by atoms with Crippen molar-refractivity contribution in [1.29, 1.82) is 0 Å². The van der Waals surface area contributed by atoms with Crippen LogP contribution in [0, 0.1) is 0 Å². The van der Waals surface area contributed by atoms with Crippen molar-refractivity contribution in [3.05, 3.63) is 29.8 Å². The van der Waals surface area contributed by atoms with Gasteiger partial charge in [0.1, 0.15) is 5.54 Å². The molecule has 0 bridgehead atoms. The minimum Gasteiger partial charge on any atom is -0.480 e. The summed E-state index contributed by atoms with van der Waals surface area (Å²) in [6.07, 6.45) is 1.07. The number of benzene rings is 1. The molecule has 110 valence electrons. The Morgan fingerprint density at radius 3 is 2.50 bits per heavy atom. The number of carbonyl (C=O) groups is 2. The zero-order valence-corrected chi connectivity index (χ0v) is 12.4. The summed E-state index contributed by atoms with van der Waals surface area (Å²) in [5.74, 6) is -1.39. The molecule has 0 aliphatic heterocycles. The van der Waals surface area contributed by atoms with E-state index >= 15 is 0 Å². The fourth-order valence-electron chi connectivity index (χ4n) is 1.97. The summed E-state index contributed by atoms with van der Waals surface area (Å²) in [5.41, 5.74) is 0.116. The number of carbonyl (C=O) groups excluding carboxylic acids is 1. The Hall–Kier alpha value is -2.04. The van der Waals surface area contributed by atoms with E-state index in [2.05, 4.69) is 5.32 Å². The third-order valence-corrected chi connectivity index (χ3v) is 3.24. The second-order valence-corrected chi connectivity index (χ2v) is 5.29. The van der Waals surface area contributed by atoms with Gasteiger partial charge in [-0.3, -0.25) is 4.79 Å². The van der Waals surface area contributed by atoms with Crippen LogP contribution < -0.4 is 10.2 Å². The van der Waals surface area contributed by atoms with Crippen LogP contribution in [0.15, 0.2) is 24.3 Å². The summed E-state index contributed by atoms with van der Waals surface area (Å²) in [5, 5.41) is 11.9. The first kappa shape index (κ1) is 16.0. The van der Waals surface area contributed by atoms with Gasteiger partial charge in [-0.05, 0) is 31.5 Å². The Morgan fingerprint density at radius 2 is 2.00 bits per heavy atom. The Balaban J connectivity index is 2.95. The van der Waals surface area contributed by atoms with Gasteiger partial charge in [-0.1, -0.05) is 19.4 Å². The zero-order chi connectivity index (χ0) is 15.3. The van der Waals surface area contributed by atoms with Crippen LogP contribution in [-0.2, 0) is 4.79 Å². The predicted octanol–water partition coefficient (Wildman–Crippen LogP) is 2.13. The zero-order valence-electron chi connectivity index (χ0n) is 12.4. The molecule has 0 aliphatic carbocycles. The third kappa shape index (κ3) is 3.73. The average molecular weight is 278 g/mol. The lowest BCUT2D eigenvalue weighted by molar-refractivity contribution is -0.144. The van der Waals surface area contributed by atoms with Crippen LogP contribution in [0.2, 0.25) is 0 Å². The SMILES string of the molecule is CCCC(C)(NC(=O)c1cccc(N(C)C)c1)C(=O)O. The smallest absolute Gasteiger partial charge is 0.329 e. The molecule has 5 nitrogen and oxygen atoms in total. The number of hydrogen-bond donors (Lipinski definition) is 2. The molecule has 0 aromatic heterocycles. The second-order valence-electron chi connectivity index (χ2n) is 5.29. The van der Waals surface area contributed by atoms with E-state index in [1.807, 2.05) is 32.0 Å². The summed E-state index contributed by atoms with van der Waals surface area (Å²) in [4.78, 5) is 25.4. The lowest BCUT2D eigenvalue weighted by Crippen LogP contribution is -2.52. The van der Waals surface area contributed by atoms with Gasteiger partial charge in [0.25, 0.3) is 5.91 Å². The van der Waals surface area contributed by atoms with Crippen molar-refractivity contribution in [3.63, 3.8) is 0 Å².